The Labute approximate surface area is 150 Å². The highest BCUT2D eigenvalue weighted by atomic mass is 79.9. The molecule has 0 bridgehead atoms. The highest BCUT2D eigenvalue weighted by Crippen LogP contribution is 2.15. The van der Waals surface area contributed by atoms with E-state index in [0.29, 0.717) is 17.2 Å². The fourth-order valence-corrected chi connectivity index (χ4v) is 2.94. The summed E-state index contributed by atoms with van der Waals surface area (Å²) in [6.45, 7) is 2.21. The third-order valence-corrected chi connectivity index (χ3v) is 4.54. The number of rotatable bonds is 4. The molecule has 0 aliphatic heterocycles. The molecule has 0 saturated heterocycles. The Hall–Kier alpha value is -2.32. The van der Waals surface area contributed by atoms with Crippen molar-refractivity contribution in [3.8, 4) is 0 Å². The normalized spacial score (nSPS) is 10.6. The lowest BCUT2D eigenvalue weighted by molar-refractivity contribution is 0.102. The average molecular weight is 405 g/mol. The van der Waals surface area contributed by atoms with Gasteiger partial charge in [-0.2, -0.15) is 0 Å². The third-order valence-electron chi connectivity index (χ3n) is 3.26. The van der Waals surface area contributed by atoms with Crippen molar-refractivity contribution in [1.82, 2.24) is 14.8 Å². The lowest BCUT2D eigenvalue weighted by Crippen LogP contribution is -2.22. The minimum absolute atomic E-state index is 0.166. The Bertz CT molecular complexity index is 934. The van der Waals surface area contributed by atoms with Gasteiger partial charge in [-0.15, -0.1) is 10.2 Å². The van der Waals surface area contributed by atoms with Crippen molar-refractivity contribution in [2.75, 3.05) is 5.32 Å². The van der Waals surface area contributed by atoms with Crippen molar-refractivity contribution in [1.29, 1.82) is 0 Å². The molecule has 6 nitrogen and oxygen atoms in total. The highest BCUT2D eigenvalue weighted by molar-refractivity contribution is 9.10. The van der Waals surface area contributed by atoms with Gasteiger partial charge in [0.25, 0.3) is 11.5 Å². The summed E-state index contributed by atoms with van der Waals surface area (Å²) in [5, 5.41) is 11.6. The van der Waals surface area contributed by atoms with Gasteiger partial charge in [0.15, 0.2) is 0 Å². The number of aryl methyl sites for hydroxylation is 1. The van der Waals surface area contributed by atoms with Gasteiger partial charge in [0.2, 0.25) is 5.13 Å². The molecule has 0 saturated carbocycles. The van der Waals surface area contributed by atoms with Gasteiger partial charge < -0.3 is 4.57 Å². The molecule has 8 heteroatoms. The molecule has 3 aromatic rings. The van der Waals surface area contributed by atoms with Crippen LogP contribution in [0.1, 0.15) is 20.9 Å². The van der Waals surface area contributed by atoms with Crippen molar-refractivity contribution >= 4 is 38.3 Å². The lowest BCUT2D eigenvalue weighted by Gasteiger charge is -2.08. The Balaban J connectivity index is 1.81. The smallest absolute Gasteiger partial charge is 0.258 e. The van der Waals surface area contributed by atoms with Crippen LogP contribution < -0.4 is 10.9 Å². The van der Waals surface area contributed by atoms with E-state index < -0.39 is 0 Å². The molecule has 0 atom stereocenters. The molecular formula is C16H13BrN4O2S. The van der Waals surface area contributed by atoms with E-state index in [1.54, 1.807) is 6.20 Å². The van der Waals surface area contributed by atoms with Gasteiger partial charge in [0.05, 0.1) is 12.1 Å². The second kappa shape index (κ2) is 7.06. The quantitative estimate of drug-likeness (QED) is 0.724. The number of carbonyl (C=O) groups excluding carboxylic acids is 1. The number of nitrogens with zero attached hydrogens (tertiary/aromatic N) is 3. The third kappa shape index (κ3) is 3.95. The van der Waals surface area contributed by atoms with Crippen molar-refractivity contribution in [2.24, 2.45) is 0 Å². The van der Waals surface area contributed by atoms with E-state index >= 15 is 0 Å². The summed E-state index contributed by atoms with van der Waals surface area (Å²) in [4.78, 5) is 24.3. The number of anilines is 1. The van der Waals surface area contributed by atoms with E-state index in [9.17, 15) is 9.59 Å². The first-order valence-corrected chi connectivity index (χ1v) is 8.68. The van der Waals surface area contributed by atoms with Crippen LogP contribution in [-0.2, 0) is 6.54 Å². The second-order valence-electron chi connectivity index (χ2n) is 5.09. The van der Waals surface area contributed by atoms with Gasteiger partial charge in [-0.3, -0.25) is 14.9 Å². The summed E-state index contributed by atoms with van der Waals surface area (Å²) in [7, 11) is 0. The zero-order valence-electron chi connectivity index (χ0n) is 12.7. The molecule has 2 aromatic heterocycles. The van der Waals surface area contributed by atoms with Crippen LogP contribution in [0.5, 0.6) is 0 Å². The number of carbonyl (C=O) groups is 1. The molecule has 1 N–H and O–H groups in total. The number of hydrogen-bond acceptors (Lipinski definition) is 5. The molecule has 0 spiro atoms. The molecule has 0 radical (unpaired) electrons. The van der Waals surface area contributed by atoms with Crippen LogP contribution in [0.2, 0.25) is 0 Å². The van der Waals surface area contributed by atoms with Crippen LogP contribution in [0.4, 0.5) is 5.13 Å². The van der Waals surface area contributed by atoms with Crippen molar-refractivity contribution in [3.63, 3.8) is 0 Å². The maximum absolute atomic E-state index is 12.3. The van der Waals surface area contributed by atoms with E-state index in [1.807, 2.05) is 31.2 Å². The van der Waals surface area contributed by atoms with Gasteiger partial charge in [-0.05, 0) is 30.7 Å². The summed E-state index contributed by atoms with van der Waals surface area (Å²) in [6, 6.07) is 10.6. The Kier molecular flexibility index (Phi) is 4.86. The highest BCUT2D eigenvalue weighted by Gasteiger charge is 2.11. The van der Waals surface area contributed by atoms with E-state index in [4.69, 9.17) is 0 Å². The fourth-order valence-electron chi connectivity index (χ4n) is 2.09. The Morgan fingerprint density at radius 1 is 1.21 bits per heavy atom. The molecule has 24 heavy (non-hydrogen) atoms. The largest absolute Gasteiger partial charge is 0.310 e. The number of pyridine rings is 1. The Morgan fingerprint density at radius 2 is 1.96 bits per heavy atom. The van der Waals surface area contributed by atoms with E-state index in [-0.39, 0.29) is 11.5 Å². The monoisotopic (exact) mass is 404 g/mol. The lowest BCUT2D eigenvalue weighted by atomic mass is 10.2. The first-order chi connectivity index (χ1) is 11.5. The van der Waals surface area contributed by atoms with Gasteiger partial charge in [-0.1, -0.05) is 39.4 Å². The Morgan fingerprint density at radius 3 is 2.62 bits per heavy atom. The standard InChI is InChI=1S/C16H13BrN4O2S/c1-10-19-20-16(24-10)18-15(23)12-4-7-14(22)21(9-12)8-11-2-5-13(17)6-3-11/h2-7,9H,8H2,1H3,(H,18,20,23). The number of halogens is 1. The maximum atomic E-state index is 12.3. The molecule has 0 unspecified atom stereocenters. The molecule has 2 heterocycles. The van der Waals surface area contributed by atoms with Crippen LogP contribution in [-0.4, -0.2) is 20.7 Å². The van der Waals surface area contributed by atoms with Gasteiger partial charge in [0, 0.05) is 16.7 Å². The number of aromatic nitrogens is 3. The fraction of sp³-hybridized carbons (Fsp3) is 0.125. The van der Waals surface area contributed by atoms with Gasteiger partial charge in [0.1, 0.15) is 5.01 Å². The predicted octanol–water partition coefficient (Wildman–Crippen LogP) is 3.07. The van der Waals surface area contributed by atoms with Crippen LogP contribution in [0.15, 0.2) is 51.9 Å². The second-order valence-corrected chi connectivity index (χ2v) is 7.19. The molecule has 0 aliphatic rings. The molecule has 1 aromatic carbocycles. The average Bonchev–Trinajstić information content (AvgIpc) is 2.96. The summed E-state index contributed by atoms with van der Waals surface area (Å²) >= 11 is 4.67. The molecule has 3 rings (SSSR count). The van der Waals surface area contributed by atoms with Crippen molar-refractivity contribution in [2.45, 2.75) is 13.5 Å². The molecule has 0 fully saturated rings. The van der Waals surface area contributed by atoms with Crippen LogP contribution in [0.3, 0.4) is 0 Å². The number of amides is 1. The minimum atomic E-state index is -0.323. The molecule has 1 amide bonds. The summed E-state index contributed by atoms with van der Waals surface area (Å²) in [6.07, 6.45) is 1.55. The van der Waals surface area contributed by atoms with Crippen LogP contribution in [0.25, 0.3) is 0 Å². The van der Waals surface area contributed by atoms with Gasteiger partial charge >= 0.3 is 0 Å². The maximum Gasteiger partial charge on any atom is 0.258 e. The number of hydrogen-bond donors (Lipinski definition) is 1. The summed E-state index contributed by atoms with van der Waals surface area (Å²) < 4.78 is 2.47. The topological polar surface area (TPSA) is 76.9 Å². The SMILES string of the molecule is Cc1nnc(NC(=O)c2ccc(=O)n(Cc3ccc(Br)cc3)c2)s1. The van der Waals surface area contributed by atoms with Crippen LogP contribution in [0, 0.1) is 6.92 Å². The van der Waals surface area contributed by atoms with Crippen molar-refractivity contribution in [3.05, 3.63) is 73.6 Å². The van der Waals surface area contributed by atoms with E-state index in [2.05, 4.69) is 31.4 Å². The van der Waals surface area contributed by atoms with E-state index in [1.165, 1.54) is 28.0 Å². The van der Waals surface area contributed by atoms with Crippen LogP contribution >= 0.6 is 27.3 Å². The predicted molar refractivity (Wildman–Crippen MR) is 96.5 cm³/mol. The number of nitrogens with one attached hydrogen (secondary N) is 1. The molecular weight excluding hydrogens is 392 g/mol. The number of benzene rings is 1. The van der Waals surface area contributed by atoms with E-state index in [0.717, 1.165) is 15.0 Å². The molecule has 122 valence electrons. The molecule has 0 aliphatic carbocycles. The van der Waals surface area contributed by atoms with Gasteiger partial charge in [-0.25, -0.2) is 0 Å². The zero-order valence-corrected chi connectivity index (χ0v) is 15.1. The summed E-state index contributed by atoms with van der Waals surface area (Å²) in [5.74, 6) is -0.323. The zero-order chi connectivity index (χ0) is 17.1. The minimum Gasteiger partial charge on any atom is -0.310 e. The van der Waals surface area contributed by atoms with Crippen molar-refractivity contribution < 1.29 is 4.79 Å². The summed E-state index contributed by atoms with van der Waals surface area (Å²) in [5.41, 5.74) is 1.19. The first kappa shape index (κ1) is 16.5. The first-order valence-electron chi connectivity index (χ1n) is 7.08.